The molecule has 2 saturated heterocycles. The van der Waals surface area contributed by atoms with Crippen molar-refractivity contribution in [3.8, 4) is 11.5 Å². The van der Waals surface area contributed by atoms with Crippen LogP contribution in [0, 0.1) is 11.8 Å². The van der Waals surface area contributed by atoms with Gasteiger partial charge >= 0.3 is 0 Å². The van der Waals surface area contributed by atoms with Gasteiger partial charge in [-0.2, -0.15) is 0 Å². The van der Waals surface area contributed by atoms with Gasteiger partial charge in [0.15, 0.2) is 11.5 Å². The lowest BCUT2D eigenvalue weighted by Gasteiger charge is -2.40. The number of ether oxygens (including phenoxy) is 3. The molecule has 1 amide bonds. The normalized spacial score (nSPS) is 23.8. The van der Waals surface area contributed by atoms with Gasteiger partial charge in [-0.15, -0.1) is 0 Å². The minimum absolute atomic E-state index is 0.0308. The zero-order chi connectivity index (χ0) is 21.1. The topological polar surface area (TPSA) is 60.0 Å². The molecule has 0 saturated carbocycles. The molecule has 0 unspecified atom stereocenters. The summed E-state index contributed by atoms with van der Waals surface area (Å²) in [5.41, 5.74) is 1.34. The largest absolute Gasteiger partial charge is 0.454 e. The molecular formula is C24H36N2O4. The molecule has 2 fully saturated rings. The van der Waals surface area contributed by atoms with E-state index in [0.29, 0.717) is 19.3 Å². The molecule has 6 heteroatoms. The van der Waals surface area contributed by atoms with E-state index >= 15 is 0 Å². The summed E-state index contributed by atoms with van der Waals surface area (Å²) in [4.78, 5) is 14.4. The Morgan fingerprint density at radius 3 is 2.70 bits per heavy atom. The molecule has 1 N–H and O–H groups in total. The van der Waals surface area contributed by atoms with Crippen molar-refractivity contribution in [1.29, 1.82) is 0 Å². The van der Waals surface area contributed by atoms with E-state index in [9.17, 15) is 4.79 Å². The summed E-state index contributed by atoms with van der Waals surface area (Å²) in [6.07, 6.45) is 5.59. The first-order chi connectivity index (χ1) is 14.4. The fraction of sp³-hybridized carbons (Fsp3) is 0.708. The van der Waals surface area contributed by atoms with Crippen molar-refractivity contribution < 1.29 is 19.0 Å². The summed E-state index contributed by atoms with van der Waals surface area (Å²) in [6, 6.07) is 6.29. The molecule has 30 heavy (non-hydrogen) atoms. The highest BCUT2D eigenvalue weighted by atomic mass is 16.7. The lowest BCUT2D eigenvalue weighted by atomic mass is 9.88. The van der Waals surface area contributed by atoms with Crippen molar-refractivity contribution in [3.63, 3.8) is 0 Å². The average molecular weight is 417 g/mol. The van der Waals surface area contributed by atoms with Crippen LogP contribution in [0.3, 0.4) is 0 Å². The van der Waals surface area contributed by atoms with Crippen LogP contribution in [-0.2, 0) is 16.0 Å². The van der Waals surface area contributed by atoms with Gasteiger partial charge in [0.05, 0.1) is 11.7 Å². The fourth-order valence-corrected chi connectivity index (χ4v) is 4.94. The molecule has 0 bridgehead atoms. The third-order valence-corrected chi connectivity index (χ3v) is 6.73. The highest BCUT2D eigenvalue weighted by molar-refractivity contribution is 5.77. The number of hydrogen-bond donors (Lipinski definition) is 1. The van der Waals surface area contributed by atoms with Crippen LogP contribution in [-0.4, -0.2) is 55.5 Å². The van der Waals surface area contributed by atoms with Crippen molar-refractivity contribution in [2.45, 2.75) is 64.6 Å². The molecule has 166 valence electrons. The van der Waals surface area contributed by atoms with Crippen molar-refractivity contribution in [2.24, 2.45) is 11.8 Å². The first kappa shape index (κ1) is 21.4. The number of piperidine rings is 1. The number of benzene rings is 1. The summed E-state index contributed by atoms with van der Waals surface area (Å²) in [6.45, 7) is 10.5. The highest BCUT2D eigenvalue weighted by Gasteiger charge is 2.42. The maximum absolute atomic E-state index is 11.8. The number of fused-ring (bicyclic) bond motifs is 1. The van der Waals surface area contributed by atoms with Gasteiger partial charge in [-0.25, -0.2) is 0 Å². The lowest BCUT2D eigenvalue weighted by molar-refractivity contribution is -0.125. The minimum atomic E-state index is 0.0308. The second kappa shape index (κ2) is 9.15. The standard InChI is InChI=1S/C24H36N2O4/c1-17(2)23(27)25-14-20-6-7-24(30-20)8-10-26(11-9-24)15-18(3)12-19-4-5-21-22(13-19)29-16-28-21/h4-5,13,17-18,20H,6-12,14-16H2,1-3H3,(H,25,27)/t18-,20+/m0/s1. The first-order valence-electron chi connectivity index (χ1n) is 11.5. The predicted octanol–water partition coefficient (Wildman–Crippen LogP) is 3.38. The van der Waals surface area contributed by atoms with E-state index in [1.807, 2.05) is 19.9 Å². The number of likely N-dealkylation sites (tertiary alicyclic amines) is 1. The monoisotopic (exact) mass is 416 g/mol. The Hall–Kier alpha value is -1.79. The molecule has 1 aromatic rings. The summed E-state index contributed by atoms with van der Waals surface area (Å²) in [5, 5.41) is 3.03. The minimum Gasteiger partial charge on any atom is -0.454 e. The van der Waals surface area contributed by atoms with Gasteiger partial charge in [0.2, 0.25) is 12.7 Å². The van der Waals surface area contributed by atoms with Crippen molar-refractivity contribution in [3.05, 3.63) is 23.8 Å². The molecule has 3 aliphatic heterocycles. The highest BCUT2D eigenvalue weighted by Crippen LogP contribution is 2.39. The zero-order valence-electron chi connectivity index (χ0n) is 18.6. The number of nitrogens with zero attached hydrogens (tertiary/aromatic N) is 1. The van der Waals surface area contributed by atoms with Crippen molar-refractivity contribution in [2.75, 3.05) is 33.0 Å². The fourth-order valence-electron chi connectivity index (χ4n) is 4.94. The summed E-state index contributed by atoms with van der Waals surface area (Å²) in [7, 11) is 0. The molecule has 6 nitrogen and oxygen atoms in total. The third kappa shape index (κ3) is 5.09. The Morgan fingerprint density at radius 2 is 1.93 bits per heavy atom. The molecule has 0 radical (unpaired) electrons. The van der Waals surface area contributed by atoms with Crippen molar-refractivity contribution >= 4 is 5.91 Å². The van der Waals surface area contributed by atoms with Gasteiger partial charge in [-0.1, -0.05) is 26.8 Å². The van der Waals surface area contributed by atoms with E-state index < -0.39 is 0 Å². The number of carbonyl (C=O) groups excluding carboxylic acids is 1. The van der Waals surface area contributed by atoms with E-state index in [1.54, 1.807) is 0 Å². The SMILES string of the molecule is CC(C)C(=O)NC[C@H]1CCC2(CCN(C[C@@H](C)Cc3ccc4c(c3)OCO4)CC2)O1. The van der Waals surface area contributed by atoms with Gasteiger partial charge < -0.3 is 24.4 Å². The van der Waals surface area contributed by atoms with Gasteiger partial charge in [0.25, 0.3) is 0 Å². The van der Waals surface area contributed by atoms with Crippen LogP contribution in [0.25, 0.3) is 0 Å². The van der Waals surface area contributed by atoms with Crippen LogP contribution in [0.1, 0.15) is 52.0 Å². The van der Waals surface area contributed by atoms with E-state index in [2.05, 4.69) is 29.3 Å². The summed E-state index contributed by atoms with van der Waals surface area (Å²) >= 11 is 0. The first-order valence-corrected chi connectivity index (χ1v) is 11.5. The number of carbonyl (C=O) groups is 1. The Bertz CT molecular complexity index is 743. The smallest absolute Gasteiger partial charge is 0.231 e. The van der Waals surface area contributed by atoms with Crippen LogP contribution in [0.15, 0.2) is 18.2 Å². The summed E-state index contributed by atoms with van der Waals surface area (Å²) in [5.74, 6) is 2.46. The Morgan fingerprint density at radius 1 is 1.17 bits per heavy atom. The van der Waals surface area contributed by atoms with Gasteiger partial charge in [0.1, 0.15) is 0 Å². The van der Waals surface area contributed by atoms with Crippen LogP contribution >= 0.6 is 0 Å². The molecule has 2 atom stereocenters. The molecule has 3 heterocycles. The number of amides is 1. The lowest BCUT2D eigenvalue weighted by Crippen LogP contribution is -2.46. The second-order valence-electron chi connectivity index (χ2n) is 9.66. The van der Waals surface area contributed by atoms with Crippen LogP contribution in [0.2, 0.25) is 0 Å². The second-order valence-corrected chi connectivity index (χ2v) is 9.66. The Balaban J connectivity index is 1.20. The number of rotatable bonds is 7. The molecule has 3 aliphatic rings. The molecule has 0 aliphatic carbocycles. The zero-order valence-corrected chi connectivity index (χ0v) is 18.6. The third-order valence-electron chi connectivity index (χ3n) is 6.73. The van der Waals surface area contributed by atoms with Crippen LogP contribution < -0.4 is 14.8 Å². The quantitative estimate of drug-likeness (QED) is 0.738. The molecule has 0 aromatic heterocycles. The molecule has 4 rings (SSSR count). The summed E-state index contributed by atoms with van der Waals surface area (Å²) < 4.78 is 17.4. The number of nitrogens with one attached hydrogen (secondary N) is 1. The maximum atomic E-state index is 11.8. The maximum Gasteiger partial charge on any atom is 0.231 e. The van der Waals surface area contributed by atoms with Gasteiger partial charge in [-0.05, 0) is 55.7 Å². The Kier molecular flexibility index (Phi) is 6.54. The molecule has 1 spiro atoms. The van der Waals surface area contributed by atoms with E-state index in [4.69, 9.17) is 14.2 Å². The molecule has 1 aromatic carbocycles. The molecular weight excluding hydrogens is 380 g/mol. The Labute approximate surface area is 180 Å². The van der Waals surface area contributed by atoms with E-state index in [0.717, 1.165) is 63.2 Å². The van der Waals surface area contributed by atoms with Gasteiger partial charge in [0, 0.05) is 32.1 Å². The van der Waals surface area contributed by atoms with Crippen LogP contribution in [0.4, 0.5) is 0 Å². The van der Waals surface area contributed by atoms with Crippen LogP contribution in [0.5, 0.6) is 11.5 Å². The van der Waals surface area contributed by atoms with E-state index in [-0.39, 0.29) is 23.5 Å². The van der Waals surface area contributed by atoms with E-state index in [1.165, 1.54) is 5.56 Å². The predicted molar refractivity (Wildman–Crippen MR) is 116 cm³/mol. The van der Waals surface area contributed by atoms with Crippen molar-refractivity contribution in [1.82, 2.24) is 10.2 Å². The van der Waals surface area contributed by atoms with Gasteiger partial charge in [-0.3, -0.25) is 4.79 Å². The average Bonchev–Trinajstić information content (AvgIpc) is 3.35. The number of hydrogen-bond acceptors (Lipinski definition) is 5.